The van der Waals surface area contributed by atoms with Crippen LogP contribution in [0.15, 0.2) is 176 Å². The van der Waals surface area contributed by atoms with Crippen LogP contribution < -0.4 is 0 Å². The van der Waals surface area contributed by atoms with Crippen molar-refractivity contribution in [3.8, 4) is 22.5 Å². The van der Waals surface area contributed by atoms with Gasteiger partial charge in [-0.1, -0.05) is 109 Å². The fraction of sp³-hybridized carbons (Fsp3) is 0. The van der Waals surface area contributed by atoms with Crippen molar-refractivity contribution in [2.24, 2.45) is 0 Å². The van der Waals surface area contributed by atoms with Crippen LogP contribution >= 0.6 is 0 Å². The second-order valence-corrected chi connectivity index (χ2v) is 13.8. The molecule has 12 rings (SSSR count). The molecule has 0 saturated carbocycles. The molecule has 0 fully saturated rings. The first kappa shape index (κ1) is 27.0. The molecule has 51 heavy (non-hydrogen) atoms. The minimum atomic E-state index is 1.17. The van der Waals surface area contributed by atoms with Gasteiger partial charge in [0.15, 0.2) is 0 Å². The van der Waals surface area contributed by atoms with Crippen LogP contribution in [0.25, 0.3) is 104 Å². The monoisotopic (exact) mass is 647 g/mol. The third-order valence-electron chi connectivity index (χ3n) is 11.1. The van der Waals surface area contributed by atoms with Crippen LogP contribution in [0.5, 0.6) is 0 Å². The fourth-order valence-corrected chi connectivity index (χ4v) is 9.00. The summed E-state index contributed by atoms with van der Waals surface area (Å²) < 4.78 is 7.31. The van der Waals surface area contributed by atoms with Crippen LogP contribution in [0.2, 0.25) is 0 Å². The van der Waals surface area contributed by atoms with Gasteiger partial charge >= 0.3 is 0 Å². The first-order chi connectivity index (χ1) is 25.3. The van der Waals surface area contributed by atoms with Crippen molar-refractivity contribution in [1.82, 2.24) is 13.5 Å². The predicted molar refractivity (Wildman–Crippen MR) is 215 cm³/mol. The molecule has 3 heteroatoms. The van der Waals surface area contributed by atoms with Gasteiger partial charge in [0.05, 0.1) is 38.6 Å². The topological polar surface area (TPSA) is 14.3 Å². The zero-order valence-corrected chi connectivity index (χ0v) is 27.6. The van der Waals surface area contributed by atoms with Crippen molar-refractivity contribution in [1.29, 1.82) is 0 Å². The lowest BCUT2D eigenvalue weighted by molar-refractivity contribution is 1.18. The summed E-state index contributed by atoms with van der Waals surface area (Å²) in [6.07, 6.45) is 0. The Bertz CT molecular complexity index is 3270. The fourth-order valence-electron chi connectivity index (χ4n) is 9.00. The molecular formula is C48H29N3. The molecule has 4 aromatic heterocycles. The summed E-state index contributed by atoms with van der Waals surface area (Å²) in [5.74, 6) is 0. The maximum atomic E-state index is 2.47. The molecule has 0 aliphatic carbocycles. The summed E-state index contributed by atoms with van der Waals surface area (Å²) in [5, 5.41) is 10.2. The first-order valence-corrected chi connectivity index (χ1v) is 17.6. The van der Waals surface area contributed by atoms with E-state index in [4.69, 9.17) is 0 Å². The number of hydrogen-bond donors (Lipinski definition) is 0. The van der Waals surface area contributed by atoms with Gasteiger partial charge in [-0.2, -0.15) is 0 Å². The van der Waals surface area contributed by atoms with Crippen molar-refractivity contribution in [2.75, 3.05) is 0 Å². The van der Waals surface area contributed by atoms with Crippen molar-refractivity contribution in [2.45, 2.75) is 0 Å². The maximum Gasteiger partial charge on any atom is 0.0622 e. The third kappa shape index (κ3) is 3.57. The van der Waals surface area contributed by atoms with E-state index < -0.39 is 0 Å². The van der Waals surface area contributed by atoms with Crippen molar-refractivity contribution in [3.63, 3.8) is 0 Å². The van der Waals surface area contributed by atoms with E-state index in [0.29, 0.717) is 0 Å². The molecule has 12 aromatic rings. The van der Waals surface area contributed by atoms with Gasteiger partial charge in [-0.05, 0) is 77.9 Å². The van der Waals surface area contributed by atoms with E-state index in [0.717, 1.165) is 0 Å². The second-order valence-electron chi connectivity index (χ2n) is 13.8. The largest absolute Gasteiger partial charge is 0.309 e. The molecule has 0 bridgehead atoms. The van der Waals surface area contributed by atoms with Gasteiger partial charge < -0.3 is 13.5 Å². The summed E-state index contributed by atoms with van der Waals surface area (Å²) in [4.78, 5) is 0. The van der Waals surface area contributed by atoms with Crippen LogP contribution in [0.3, 0.4) is 0 Å². The SMILES string of the molecule is c1ccc(-n2c3ccccc3c3ccc(-c4ccc5c(c4)c4ccccc4n5-c4cc5c6ccccc6n6c7ccccc7c(c4)c56)cc32)cc1. The smallest absolute Gasteiger partial charge is 0.0622 e. The molecule has 0 saturated heterocycles. The summed E-state index contributed by atoms with van der Waals surface area (Å²) in [6, 6.07) is 64.7. The summed E-state index contributed by atoms with van der Waals surface area (Å²) in [6.45, 7) is 0. The highest BCUT2D eigenvalue weighted by atomic mass is 15.0. The standard InChI is InChI=1S/C48H29N3/c1-2-12-32(13-3-1)49-42-18-8-4-14-34(42)38-24-22-31(27-47(38)49)30-23-25-46-39(26-30)35-15-5-9-19-43(35)50(46)33-28-40-36-16-6-10-20-44(36)51-45-21-11-7-17-37(45)41(29-33)48(40)51/h1-29H. The van der Waals surface area contributed by atoms with Crippen molar-refractivity contribution in [3.05, 3.63) is 176 Å². The minimum Gasteiger partial charge on any atom is -0.309 e. The van der Waals surface area contributed by atoms with Crippen LogP contribution in [0.4, 0.5) is 0 Å². The van der Waals surface area contributed by atoms with Gasteiger partial charge in [0.2, 0.25) is 0 Å². The van der Waals surface area contributed by atoms with Crippen LogP contribution in [0.1, 0.15) is 0 Å². The van der Waals surface area contributed by atoms with E-state index in [9.17, 15) is 0 Å². The quantitative estimate of drug-likeness (QED) is 0.181. The Morgan fingerprint density at radius 3 is 1.35 bits per heavy atom. The first-order valence-electron chi connectivity index (χ1n) is 17.6. The molecule has 236 valence electrons. The van der Waals surface area contributed by atoms with Crippen molar-refractivity contribution >= 4 is 81.7 Å². The molecule has 0 aliphatic heterocycles. The second kappa shape index (κ2) is 9.87. The number of para-hydroxylation sites is 5. The molecule has 8 aromatic carbocycles. The molecule has 0 amide bonds. The van der Waals surface area contributed by atoms with Crippen LogP contribution in [-0.4, -0.2) is 13.5 Å². The number of rotatable bonds is 3. The Morgan fingerprint density at radius 2 is 0.706 bits per heavy atom. The lowest BCUT2D eigenvalue weighted by Gasteiger charge is -2.11. The van der Waals surface area contributed by atoms with Gasteiger partial charge in [-0.25, -0.2) is 0 Å². The highest BCUT2D eigenvalue weighted by Gasteiger charge is 2.21. The molecule has 0 unspecified atom stereocenters. The van der Waals surface area contributed by atoms with Crippen LogP contribution in [0, 0.1) is 0 Å². The summed E-state index contributed by atoms with van der Waals surface area (Å²) in [7, 11) is 0. The van der Waals surface area contributed by atoms with E-state index in [1.165, 1.54) is 104 Å². The third-order valence-corrected chi connectivity index (χ3v) is 11.1. The van der Waals surface area contributed by atoms with E-state index in [1.807, 2.05) is 0 Å². The number of fused-ring (bicyclic) bond motifs is 12. The maximum absolute atomic E-state index is 2.47. The molecule has 4 heterocycles. The molecule has 0 N–H and O–H groups in total. The number of aromatic nitrogens is 3. The average molecular weight is 648 g/mol. The Kier molecular flexibility index (Phi) is 5.23. The zero-order valence-electron chi connectivity index (χ0n) is 27.6. The Balaban J connectivity index is 1.11. The minimum absolute atomic E-state index is 1.17. The van der Waals surface area contributed by atoms with Crippen molar-refractivity contribution < 1.29 is 0 Å². The van der Waals surface area contributed by atoms with Crippen LogP contribution in [-0.2, 0) is 0 Å². The summed E-state index contributed by atoms with van der Waals surface area (Å²) >= 11 is 0. The molecule has 0 atom stereocenters. The highest BCUT2D eigenvalue weighted by Crippen LogP contribution is 2.43. The number of hydrogen-bond acceptors (Lipinski definition) is 0. The summed E-state index contributed by atoms with van der Waals surface area (Å²) in [5.41, 5.74) is 13.4. The molecular weight excluding hydrogens is 619 g/mol. The normalized spacial score (nSPS) is 12.3. The average Bonchev–Trinajstić information content (AvgIpc) is 3.92. The number of nitrogens with zero attached hydrogens (tertiary/aromatic N) is 3. The highest BCUT2D eigenvalue weighted by molar-refractivity contribution is 6.24. The molecule has 3 nitrogen and oxygen atoms in total. The molecule has 0 aliphatic rings. The van der Waals surface area contributed by atoms with Gasteiger partial charge in [-0.15, -0.1) is 0 Å². The van der Waals surface area contributed by atoms with Gasteiger partial charge in [0.25, 0.3) is 0 Å². The lowest BCUT2D eigenvalue weighted by Crippen LogP contribution is -1.94. The Morgan fingerprint density at radius 1 is 0.255 bits per heavy atom. The van der Waals surface area contributed by atoms with Gasteiger partial charge in [-0.3, -0.25) is 0 Å². The zero-order chi connectivity index (χ0) is 33.2. The number of benzene rings is 8. The van der Waals surface area contributed by atoms with E-state index in [-0.39, 0.29) is 0 Å². The predicted octanol–water partition coefficient (Wildman–Crippen LogP) is 12.7. The Hall–Kier alpha value is -6.84. The van der Waals surface area contributed by atoms with E-state index >= 15 is 0 Å². The Labute approximate surface area is 292 Å². The lowest BCUT2D eigenvalue weighted by atomic mass is 10.0. The van der Waals surface area contributed by atoms with Gasteiger partial charge in [0, 0.05) is 54.5 Å². The molecule has 0 spiro atoms. The van der Waals surface area contributed by atoms with E-state index in [2.05, 4.69) is 189 Å². The molecule has 0 radical (unpaired) electrons. The van der Waals surface area contributed by atoms with E-state index in [1.54, 1.807) is 0 Å². The van der Waals surface area contributed by atoms with Gasteiger partial charge in [0.1, 0.15) is 0 Å².